The van der Waals surface area contributed by atoms with Gasteiger partial charge in [0.2, 0.25) is 5.75 Å². The zero-order chi connectivity index (χ0) is 22.1. The third-order valence-corrected chi connectivity index (χ3v) is 4.95. The molecule has 2 aromatic rings. The molecule has 1 aromatic carbocycles. The van der Waals surface area contributed by atoms with Crippen LogP contribution >= 0.6 is 0 Å². The standard InChI is InChI=1S/C22H35N5O3/c1-8-17-16(18(9-2)27(4)26-17)14-25-22(23-10-3)24-13-15-11-19(28-5)21(30-7)20(12-15)29-6/h11-12H,8-10,13-14H2,1-7H3,(H2,23,24,25). The molecule has 2 rings (SSSR count). The van der Waals surface area contributed by atoms with E-state index in [9.17, 15) is 0 Å². The number of methoxy groups -OCH3 is 3. The summed E-state index contributed by atoms with van der Waals surface area (Å²) in [5, 5.41) is 11.4. The second-order valence-corrected chi connectivity index (χ2v) is 6.78. The van der Waals surface area contributed by atoms with Crippen LogP contribution in [0.15, 0.2) is 17.1 Å². The van der Waals surface area contributed by atoms with Crippen LogP contribution in [0.25, 0.3) is 0 Å². The number of rotatable bonds is 10. The molecule has 1 heterocycles. The van der Waals surface area contributed by atoms with Crippen LogP contribution in [0.3, 0.4) is 0 Å². The van der Waals surface area contributed by atoms with Crippen molar-refractivity contribution in [2.45, 2.75) is 46.7 Å². The van der Waals surface area contributed by atoms with E-state index in [1.54, 1.807) is 21.3 Å². The summed E-state index contributed by atoms with van der Waals surface area (Å²) >= 11 is 0. The summed E-state index contributed by atoms with van der Waals surface area (Å²) in [5.74, 6) is 2.57. The Kier molecular flexibility index (Phi) is 8.83. The van der Waals surface area contributed by atoms with Crippen LogP contribution in [-0.4, -0.2) is 43.6 Å². The van der Waals surface area contributed by atoms with Gasteiger partial charge >= 0.3 is 0 Å². The van der Waals surface area contributed by atoms with E-state index >= 15 is 0 Å². The molecule has 0 aliphatic heterocycles. The van der Waals surface area contributed by atoms with Gasteiger partial charge in [0.1, 0.15) is 0 Å². The van der Waals surface area contributed by atoms with Gasteiger partial charge in [-0.2, -0.15) is 5.10 Å². The Morgan fingerprint density at radius 2 is 1.67 bits per heavy atom. The number of nitrogens with one attached hydrogen (secondary N) is 2. The van der Waals surface area contributed by atoms with Crippen LogP contribution in [0.1, 0.15) is 43.3 Å². The predicted octanol–water partition coefficient (Wildman–Crippen LogP) is 2.83. The molecular formula is C22H35N5O3. The van der Waals surface area contributed by atoms with Gasteiger partial charge in [-0.25, -0.2) is 4.99 Å². The lowest BCUT2D eigenvalue weighted by molar-refractivity contribution is 0.324. The molecule has 0 amide bonds. The number of hydrogen-bond acceptors (Lipinski definition) is 5. The summed E-state index contributed by atoms with van der Waals surface area (Å²) < 4.78 is 18.3. The van der Waals surface area contributed by atoms with Crippen LogP contribution in [0.2, 0.25) is 0 Å². The zero-order valence-corrected chi connectivity index (χ0v) is 19.3. The van der Waals surface area contributed by atoms with E-state index in [1.165, 1.54) is 11.3 Å². The molecular weight excluding hydrogens is 382 g/mol. The fourth-order valence-electron chi connectivity index (χ4n) is 3.50. The SMILES string of the molecule is CCNC(=NCc1cc(OC)c(OC)c(OC)c1)NCc1c(CC)nn(C)c1CC. The van der Waals surface area contributed by atoms with E-state index in [-0.39, 0.29) is 0 Å². The van der Waals surface area contributed by atoms with E-state index in [2.05, 4.69) is 36.5 Å². The molecule has 8 heteroatoms. The first-order chi connectivity index (χ1) is 14.5. The number of hydrogen-bond donors (Lipinski definition) is 2. The van der Waals surface area contributed by atoms with Crippen LogP contribution < -0.4 is 24.8 Å². The number of ether oxygens (including phenoxy) is 3. The number of guanidine groups is 1. The number of aliphatic imine (C=N–C) groups is 1. The fraction of sp³-hybridized carbons (Fsp3) is 0.545. The minimum atomic E-state index is 0.473. The monoisotopic (exact) mass is 417 g/mol. The van der Waals surface area contributed by atoms with Crippen molar-refractivity contribution in [2.75, 3.05) is 27.9 Å². The highest BCUT2D eigenvalue weighted by molar-refractivity contribution is 5.79. The minimum Gasteiger partial charge on any atom is -0.493 e. The van der Waals surface area contributed by atoms with Gasteiger partial charge in [-0.05, 0) is 37.5 Å². The van der Waals surface area contributed by atoms with Gasteiger partial charge in [0.05, 0.1) is 33.6 Å². The quantitative estimate of drug-likeness (QED) is 0.457. The van der Waals surface area contributed by atoms with Gasteiger partial charge in [-0.1, -0.05) is 13.8 Å². The first-order valence-corrected chi connectivity index (χ1v) is 10.4. The van der Waals surface area contributed by atoms with Crippen molar-refractivity contribution in [3.8, 4) is 17.2 Å². The molecule has 0 saturated carbocycles. The highest BCUT2D eigenvalue weighted by atomic mass is 16.5. The summed E-state index contributed by atoms with van der Waals surface area (Å²) in [6.07, 6.45) is 1.85. The maximum Gasteiger partial charge on any atom is 0.203 e. The highest BCUT2D eigenvalue weighted by Crippen LogP contribution is 2.38. The molecule has 166 valence electrons. The van der Waals surface area contributed by atoms with Crippen molar-refractivity contribution in [3.05, 3.63) is 34.6 Å². The van der Waals surface area contributed by atoms with Gasteiger partial charge in [0.15, 0.2) is 17.5 Å². The predicted molar refractivity (Wildman–Crippen MR) is 120 cm³/mol. The summed E-state index contributed by atoms with van der Waals surface area (Å²) in [6.45, 7) is 8.27. The summed E-state index contributed by atoms with van der Waals surface area (Å²) in [6, 6.07) is 3.83. The fourth-order valence-corrected chi connectivity index (χ4v) is 3.50. The third kappa shape index (κ3) is 5.37. The number of aryl methyl sites for hydroxylation is 2. The van der Waals surface area contributed by atoms with Gasteiger partial charge in [-0.15, -0.1) is 0 Å². The lowest BCUT2D eigenvalue weighted by atomic mass is 10.1. The van der Waals surface area contributed by atoms with Gasteiger partial charge < -0.3 is 24.8 Å². The lowest BCUT2D eigenvalue weighted by Gasteiger charge is -2.15. The molecule has 0 aliphatic rings. The Labute approximate surface area is 179 Å². The van der Waals surface area contributed by atoms with Crippen LogP contribution in [0, 0.1) is 0 Å². The van der Waals surface area contributed by atoms with Crippen molar-refractivity contribution >= 4 is 5.96 Å². The molecule has 0 saturated heterocycles. The topological polar surface area (TPSA) is 81.9 Å². The van der Waals surface area contributed by atoms with Gasteiger partial charge in [-0.3, -0.25) is 4.68 Å². The number of aromatic nitrogens is 2. The summed E-state index contributed by atoms with van der Waals surface area (Å²) in [4.78, 5) is 4.74. The normalized spacial score (nSPS) is 11.4. The second kappa shape index (κ2) is 11.3. The van der Waals surface area contributed by atoms with Crippen LogP contribution in [-0.2, 0) is 33.0 Å². The van der Waals surface area contributed by atoms with E-state index in [1.807, 2.05) is 23.9 Å². The van der Waals surface area contributed by atoms with Crippen molar-refractivity contribution in [3.63, 3.8) is 0 Å². The Bertz CT molecular complexity index is 836. The minimum absolute atomic E-state index is 0.473. The molecule has 1 aromatic heterocycles. The molecule has 2 N–H and O–H groups in total. The van der Waals surface area contributed by atoms with Crippen LogP contribution in [0.4, 0.5) is 0 Å². The van der Waals surface area contributed by atoms with E-state index in [0.717, 1.165) is 36.6 Å². The van der Waals surface area contributed by atoms with E-state index < -0.39 is 0 Å². The first kappa shape index (κ1) is 23.4. The Hall–Kier alpha value is -2.90. The summed E-state index contributed by atoms with van der Waals surface area (Å²) in [5.41, 5.74) is 4.59. The largest absolute Gasteiger partial charge is 0.493 e. The van der Waals surface area contributed by atoms with E-state index in [0.29, 0.717) is 30.3 Å². The first-order valence-electron chi connectivity index (χ1n) is 10.4. The van der Waals surface area contributed by atoms with Crippen molar-refractivity contribution in [2.24, 2.45) is 12.0 Å². The van der Waals surface area contributed by atoms with Gasteiger partial charge in [0.25, 0.3) is 0 Å². The van der Waals surface area contributed by atoms with Gasteiger partial charge in [0, 0.05) is 31.4 Å². The molecule has 30 heavy (non-hydrogen) atoms. The molecule has 0 atom stereocenters. The van der Waals surface area contributed by atoms with Crippen molar-refractivity contribution in [1.82, 2.24) is 20.4 Å². The average Bonchev–Trinajstić information content (AvgIpc) is 3.08. The Morgan fingerprint density at radius 3 is 2.17 bits per heavy atom. The summed E-state index contributed by atoms with van der Waals surface area (Å²) in [7, 11) is 6.82. The van der Waals surface area contributed by atoms with Crippen molar-refractivity contribution < 1.29 is 14.2 Å². The molecule has 0 radical (unpaired) electrons. The Morgan fingerprint density at radius 1 is 1.00 bits per heavy atom. The third-order valence-electron chi connectivity index (χ3n) is 4.95. The lowest BCUT2D eigenvalue weighted by Crippen LogP contribution is -2.37. The highest BCUT2D eigenvalue weighted by Gasteiger charge is 2.15. The molecule has 0 unspecified atom stereocenters. The number of nitrogens with zero attached hydrogens (tertiary/aromatic N) is 3. The molecule has 8 nitrogen and oxygen atoms in total. The maximum absolute atomic E-state index is 5.44. The molecule has 0 bridgehead atoms. The molecule has 0 fully saturated rings. The van der Waals surface area contributed by atoms with E-state index in [4.69, 9.17) is 19.2 Å². The molecule has 0 aliphatic carbocycles. The second-order valence-electron chi connectivity index (χ2n) is 6.78. The smallest absolute Gasteiger partial charge is 0.203 e. The zero-order valence-electron chi connectivity index (χ0n) is 19.3. The average molecular weight is 418 g/mol. The molecule has 0 spiro atoms. The van der Waals surface area contributed by atoms with Crippen LogP contribution in [0.5, 0.6) is 17.2 Å². The Balaban J connectivity index is 2.21. The van der Waals surface area contributed by atoms with Crippen molar-refractivity contribution in [1.29, 1.82) is 0 Å². The maximum atomic E-state index is 5.44. The number of benzene rings is 1.